The van der Waals surface area contributed by atoms with Crippen molar-refractivity contribution in [3.8, 4) is 5.75 Å². The number of carbonyl (C=O) groups excluding carboxylic acids is 2. The van der Waals surface area contributed by atoms with Crippen LogP contribution >= 0.6 is 0 Å². The van der Waals surface area contributed by atoms with E-state index in [1.165, 1.54) is 23.9 Å². The smallest absolute Gasteiger partial charge is 0.323 e. The highest BCUT2D eigenvalue weighted by atomic mass is 32.2. The van der Waals surface area contributed by atoms with Crippen LogP contribution in [-0.4, -0.2) is 83.1 Å². The molecule has 4 aromatic rings. The number of aliphatic hydroxyl groups excluding tert-OH is 1. The Balaban J connectivity index is 1.41. The first-order valence-corrected chi connectivity index (χ1v) is 16.1. The Morgan fingerprint density at radius 3 is 2.64 bits per heavy atom. The van der Waals surface area contributed by atoms with Gasteiger partial charge in [-0.25, -0.2) is 18.2 Å². The van der Waals surface area contributed by atoms with Gasteiger partial charge in [0.1, 0.15) is 11.9 Å². The maximum absolute atomic E-state index is 13.5. The van der Waals surface area contributed by atoms with Crippen molar-refractivity contribution in [2.24, 2.45) is 13.0 Å². The van der Waals surface area contributed by atoms with Gasteiger partial charge in [0.05, 0.1) is 37.6 Å². The summed E-state index contributed by atoms with van der Waals surface area (Å²) < 4.78 is 35.7. The van der Waals surface area contributed by atoms with Gasteiger partial charge in [0.15, 0.2) is 5.03 Å². The average Bonchev–Trinajstić information content (AvgIpc) is 3.48. The minimum atomic E-state index is -3.91. The number of hydrogen-bond donors (Lipinski definition) is 3. The molecule has 2 heterocycles. The van der Waals surface area contributed by atoms with Gasteiger partial charge in [0.2, 0.25) is 5.91 Å². The Morgan fingerprint density at radius 1 is 1.16 bits per heavy atom. The first-order valence-electron chi connectivity index (χ1n) is 14.7. The predicted molar refractivity (Wildman–Crippen MR) is 172 cm³/mol. The SMILES string of the molecule is C[C@H]1CN([C@@H](C)CO)C(=O)Cc2cc(NC(=O)Nc3cccc4ccccc34)ccc2O[C@H]1CN(C)S(=O)(=O)c1cn(C)cn1. The molecule has 1 aromatic heterocycles. The molecule has 3 aromatic carbocycles. The molecule has 238 valence electrons. The molecular weight excluding hydrogens is 596 g/mol. The van der Waals surface area contributed by atoms with Gasteiger partial charge in [-0.3, -0.25) is 4.79 Å². The predicted octanol–water partition coefficient (Wildman–Crippen LogP) is 3.69. The molecule has 0 aliphatic carbocycles. The summed E-state index contributed by atoms with van der Waals surface area (Å²) in [5, 5.41) is 17.5. The van der Waals surface area contributed by atoms with Crippen molar-refractivity contribution < 1.29 is 27.9 Å². The Hall–Kier alpha value is -4.46. The van der Waals surface area contributed by atoms with E-state index in [4.69, 9.17) is 4.74 Å². The fraction of sp³-hybridized carbons (Fsp3) is 0.344. The number of nitrogens with zero attached hydrogens (tertiary/aromatic N) is 4. The lowest BCUT2D eigenvalue weighted by molar-refractivity contribution is -0.134. The maximum atomic E-state index is 13.5. The molecule has 0 radical (unpaired) electrons. The number of carbonyl (C=O) groups is 2. The number of sulfonamides is 1. The minimum Gasteiger partial charge on any atom is -0.488 e. The summed E-state index contributed by atoms with van der Waals surface area (Å²) in [7, 11) is -0.749. The largest absolute Gasteiger partial charge is 0.488 e. The summed E-state index contributed by atoms with van der Waals surface area (Å²) in [4.78, 5) is 32.2. The first-order chi connectivity index (χ1) is 21.5. The van der Waals surface area contributed by atoms with Crippen LogP contribution in [0, 0.1) is 5.92 Å². The molecule has 5 rings (SSSR count). The summed E-state index contributed by atoms with van der Waals surface area (Å²) in [6.07, 6.45) is 2.16. The molecule has 0 unspecified atom stereocenters. The summed E-state index contributed by atoms with van der Waals surface area (Å²) >= 11 is 0. The van der Waals surface area contributed by atoms with Crippen LogP contribution in [-0.2, 0) is 28.3 Å². The topological polar surface area (TPSA) is 146 Å². The molecule has 3 N–H and O–H groups in total. The fourth-order valence-corrected chi connectivity index (χ4v) is 6.52. The summed E-state index contributed by atoms with van der Waals surface area (Å²) in [6.45, 7) is 3.64. The molecule has 0 fully saturated rings. The van der Waals surface area contributed by atoms with Crippen LogP contribution in [0.3, 0.4) is 0 Å². The highest BCUT2D eigenvalue weighted by Gasteiger charge is 2.34. The molecule has 45 heavy (non-hydrogen) atoms. The van der Waals surface area contributed by atoms with Crippen LogP contribution in [0.25, 0.3) is 10.8 Å². The van der Waals surface area contributed by atoms with Crippen molar-refractivity contribution in [1.82, 2.24) is 18.8 Å². The van der Waals surface area contributed by atoms with Crippen LogP contribution in [0.15, 0.2) is 78.2 Å². The van der Waals surface area contributed by atoms with E-state index in [1.807, 2.05) is 49.4 Å². The molecule has 0 saturated carbocycles. The highest BCUT2D eigenvalue weighted by molar-refractivity contribution is 7.89. The number of aryl methyl sites for hydroxylation is 1. The van der Waals surface area contributed by atoms with E-state index in [-0.39, 0.29) is 43.0 Å². The normalized spacial score (nSPS) is 18.0. The van der Waals surface area contributed by atoms with Crippen molar-refractivity contribution in [2.45, 2.75) is 37.4 Å². The molecule has 0 spiro atoms. The number of aromatic nitrogens is 2. The van der Waals surface area contributed by atoms with Gasteiger partial charge in [-0.15, -0.1) is 0 Å². The number of imidazole rings is 1. The second-order valence-corrected chi connectivity index (χ2v) is 13.5. The van der Waals surface area contributed by atoms with Gasteiger partial charge >= 0.3 is 6.03 Å². The van der Waals surface area contributed by atoms with Gasteiger partial charge in [-0.05, 0) is 36.6 Å². The van der Waals surface area contributed by atoms with Crippen molar-refractivity contribution in [3.05, 3.63) is 78.8 Å². The van der Waals surface area contributed by atoms with E-state index in [0.29, 0.717) is 22.7 Å². The van der Waals surface area contributed by atoms with E-state index in [2.05, 4.69) is 15.6 Å². The van der Waals surface area contributed by atoms with E-state index >= 15 is 0 Å². The zero-order chi connectivity index (χ0) is 32.3. The third-order valence-corrected chi connectivity index (χ3v) is 9.71. The molecule has 12 nitrogen and oxygen atoms in total. The lowest BCUT2D eigenvalue weighted by Gasteiger charge is -2.33. The molecule has 3 atom stereocenters. The standard InChI is InChI=1S/C32H38N6O6S/c1-21-16-38(22(2)19-39)31(40)15-24-14-25(34-32(41)35-27-11-7-9-23-8-5-6-10-26(23)27)12-13-28(24)44-29(21)17-37(4)45(42,43)30-18-36(3)20-33-30/h5-14,18,20-22,29,39H,15-17,19H2,1-4H3,(H2,34,35,41)/t21-,22-,29-/m0/s1. The van der Waals surface area contributed by atoms with Crippen molar-refractivity contribution >= 4 is 44.1 Å². The number of aliphatic hydroxyl groups is 1. The van der Waals surface area contributed by atoms with Crippen LogP contribution < -0.4 is 15.4 Å². The van der Waals surface area contributed by atoms with Gasteiger partial charge in [-0.2, -0.15) is 4.31 Å². The molecule has 3 amide bonds. The number of urea groups is 1. The molecule has 13 heteroatoms. The molecule has 1 aliphatic rings. The molecular formula is C32H38N6O6S. The molecule has 1 aliphatic heterocycles. The third-order valence-electron chi connectivity index (χ3n) is 8.01. The van der Waals surface area contributed by atoms with Crippen LogP contribution in [0.2, 0.25) is 0 Å². The van der Waals surface area contributed by atoms with Crippen molar-refractivity contribution in [3.63, 3.8) is 0 Å². The molecule has 0 saturated heterocycles. The summed E-state index contributed by atoms with van der Waals surface area (Å²) in [5.74, 6) is -0.123. The van der Waals surface area contributed by atoms with Crippen molar-refractivity contribution in [1.29, 1.82) is 0 Å². The van der Waals surface area contributed by atoms with E-state index in [9.17, 15) is 23.1 Å². The van der Waals surface area contributed by atoms with Gasteiger partial charge in [-0.1, -0.05) is 43.3 Å². The number of fused-ring (bicyclic) bond motifs is 2. The first kappa shape index (κ1) is 31.9. The number of rotatable bonds is 8. The average molecular weight is 635 g/mol. The number of amides is 3. The second-order valence-electron chi connectivity index (χ2n) is 11.5. The monoisotopic (exact) mass is 634 g/mol. The van der Waals surface area contributed by atoms with Crippen LogP contribution in [0.1, 0.15) is 19.4 Å². The zero-order valence-corrected chi connectivity index (χ0v) is 26.5. The van der Waals surface area contributed by atoms with Gasteiger partial charge < -0.3 is 29.9 Å². The summed E-state index contributed by atoms with van der Waals surface area (Å²) in [6, 6.07) is 17.5. The Labute approximate surface area is 262 Å². The number of ether oxygens (including phenoxy) is 1. The fourth-order valence-electron chi connectivity index (χ4n) is 5.38. The second kappa shape index (κ2) is 13.3. The van der Waals surface area contributed by atoms with Gasteiger partial charge in [0.25, 0.3) is 10.0 Å². The number of nitrogens with one attached hydrogen (secondary N) is 2. The van der Waals surface area contributed by atoms with Crippen molar-refractivity contribution in [2.75, 3.05) is 37.4 Å². The van der Waals surface area contributed by atoms with E-state index in [0.717, 1.165) is 10.8 Å². The highest BCUT2D eigenvalue weighted by Crippen LogP contribution is 2.30. The van der Waals surface area contributed by atoms with E-state index < -0.39 is 28.2 Å². The lowest BCUT2D eigenvalue weighted by Crippen LogP contribution is -2.48. The van der Waals surface area contributed by atoms with Gasteiger partial charge in [0, 0.05) is 49.4 Å². The lowest BCUT2D eigenvalue weighted by atomic mass is 10.0. The van der Waals surface area contributed by atoms with Crippen LogP contribution in [0.4, 0.5) is 16.2 Å². The van der Waals surface area contributed by atoms with E-state index in [1.54, 1.807) is 41.6 Å². The number of anilines is 2. The van der Waals surface area contributed by atoms with Crippen LogP contribution in [0.5, 0.6) is 5.75 Å². The zero-order valence-electron chi connectivity index (χ0n) is 25.7. The summed E-state index contributed by atoms with van der Waals surface area (Å²) in [5.41, 5.74) is 1.62. The number of hydrogen-bond acceptors (Lipinski definition) is 7. The number of likely N-dealkylation sites (N-methyl/N-ethyl adjacent to an activating group) is 1. The third kappa shape index (κ3) is 7.11. The number of benzene rings is 3. The Morgan fingerprint density at radius 2 is 1.91 bits per heavy atom. The molecule has 0 bridgehead atoms. The Bertz CT molecular complexity index is 1800. The quantitative estimate of drug-likeness (QED) is 0.268. The maximum Gasteiger partial charge on any atom is 0.323 e. The minimum absolute atomic E-state index is 0.0114. The Kier molecular flexibility index (Phi) is 9.42.